The van der Waals surface area contributed by atoms with Gasteiger partial charge in [0.05, 0.1) is 0 Å². The first-order chi connectivity index (χ1) is 12.5. The monoisotopic (exact) mass is 464 g/mol. The van der Waals surface area contributed by atoms with Gasteiger partial charge in [-0.15, -0.1) is 0 Å². The van der Waals surface area contributed by atoms with Gasteiger partial charge in [0.15, 0.2) is 0 Å². The van der Waals surface area contributed by atoms with Crippen LogP contribution in [0.1, 0.15) is 19.3 Å². The maximum atomic E-state index is 12.5. The van der Waals surface area contributed by atoms with Crippen molar-refractivity contribution in [3.8, 4) is 0 Å². The molecule has 0 aliphatic heterocycles. The summed E-state index contributed by atoms with van der Waals surface area (Å²) in [5, 5.41) is 0. The summed E-state index contributed by atoms with van der Waals surface area (Å²) in [6.07, 6.45) is -12.8. The molecule has 27 heavy (non-hydrogen) atoms. The zero-order valence-electron chi connectivity index (χ0n) is 13.5. The Bertz CT molecular complexity index is 625. The molecule has 1 aliphatic carbocycles. The molecular formula is C16H14F6O4Se. The molecule has 2 atom stereocenters. The maximum absolute atomic E-state index is 12.5. The second-order valence-electron chi connectivity index (χ2n) is 5.71. The number of benzene rings is 1. The molecule has 0 saturated heterocycles. The molecule has 4 nitrogen and oxygen atoms in total. The molecule has 150 valence electrons. The molecule has 1 aromatic carbocycles. The van der Waals surface area contributed by atoms with Crippen molar-refractivity contribution in [2.45, 2.75) is 48.6 Å². The quantitative estimate of drug-likeness (QED) is 0.392. The Kier molecular flexibility index (Phi) is 6.80. The fourth-order valence-corrected chi connectivity index (χ4v) is 5.32. The van der Waals surface area contributed by atoms with Crippen molar-refractivity contribution in [2.75, 3.05) is 0 Å². The molecule has 1 aromatic rings. The van der Waals surface area contributed by atoms with Gasteiger partial charge >= 0.3 is 156 Å². The fraction of sp³-hybridized carbons (Fsp3) is 0.500. The van der Waals surface area contributed by atoms with Crippen LogP contribution >= 0.6 is 0 Å². The Morgan fingerprint density at radius 3 is 1.70 bits per heavy atom. The average Bonchev–Trinajstić information content (AvgIpc) is 2.56. The van der Waals surface area contributed by atoms with Gasteiger partial charge < -0.3 is 0 Å². The third-order valence-corrected chi connectivity index (χ3v) is 6.69. The van der Waals surface area contributed by atoms with Gasteiger partial charge in [0.25, 0.3) is 0 Å². The zero-order chi connectivity index (χ0) is 20.2. The second kappa shape index (κ2) is 8.52. The summed E-state index contributed by atoms with van der Waals surface area (Å²) < 4.78 is 84.8. The summed E-state index contributed by atoms with van der Waals surface area (Å²) >= 11 is -0.686. The van der Waals surface area contributed by atoms with E-state index in [2.05, 4.69) is 9.47 Å². The van der Waals surface area contributed by atoms with Gasteiger partial charge in [-0.2, -0.15) is 0 Å². The Morgan fingerprint density at radius 2 is 1.30 bits per heavy atom. The zero-order valence-corrected chi connectivity index (χ0v) is 15.3. The Balaban J connectivity index is 2.23. The molecule has 1 saturated carbocycles. The van der Waals surface area contributed by atoms with Crippen LogP contribution in [0.5, 0.6) is 0 Å². The van der Waals surface area contributed by atoms with Crippen LogP contribution in [0.25, 0.3) is 0 Å². The minimum atomic E-state index is -5.22. The number of halogens is 6. The normalized spacial score (nSPS) is 21.6. The molecule has 0 aromatic heterocycles. The molecule has 11 heteroatoms. The van der Waals surface area contributed by atoms with Crippen LogP contribution in [-0.2, 0) is 19.1 Å². The Hall–Kier alpha value is -1.74. The van der Waals surface area contributed by atoms with Gasteiger partial charge in [-0.25, -0.2) is 0 Å². The van der Waals surface area contributed by atoms with Crippen molar-refractivity contribution in [1.82, 2.24) is 0 Å². The number of carbonyl (C=O) groups excluding carboxylic acids is 2. The number of esters is 2. The summed E-state index contributed by atoms with van der Waals surface area (Å²) in [4.78, 5) is 21.4. The number of hydrogen-bond acceptors (Lipinski definition) is 4. The molecule has 0 N–H and O–H groups in total. The van der Waals surface area contributed by atoms with Gasteiger partial charge in [-0.1, -0.05) is 0 Å². The summed E-state index contributed by atoms with van der Waals surface area (Å²) in [7, 11) is 0. The van der Waals surface area contributed by atoms with E-state index < -0.39 is 56.3 Å². The molecule has 0 unspecified atom stereocenters. The molecule has 0 bridgehead atoms. The van der Waals surface area contributed by atoms with Gasteiger partial charge in [0.1, 0.15) is 0 Å². The van der Waals surface area contributed by atoms with Crippen LogP contribution in [-0.4, -0.2) is 51.5 Å². The molecule has 0 spiro atoms. The van der Waals surface area contributed by atoms with Crippen LogP contribution < -0.4 is 4.46 Å². The number of ether oxygens (including phenoxy) is 2. The van der Waals surface area contributed by atoms with Crippen molar-refractivity contribution in [1.29, 1.82) is 0 Å². The average molecular weight is 463 g/mol. The minimum absolute atomic E-state index is 0.0428. The summed E-state index contributed by atoms with van der Waals surface area (Å²) in [5.41, 5.74) is 0. The van der Waals surface area contributed by atoms with Crippen LogP contribution in [0.15, 0.2) is 30.3 Å². The van der Waals surface area contributed by atoms with E-state index in [1.54, 1.807) is 30.3 Å². The number of carbonyl (C=O) groups is 2. The van der Waals surface area contributed by atoms with E-state index in [0.29, 0.717) is 4.46 Å². The van der Waals surface area contributed by atoms with E-state index >= 15 is 0 Å². The molecule has 0 heterocycles. The van der Waals surface area contributed by atoms with Gasteiger partial charge in [-0.05, 0) is 0 Å². The fourth-order valence-electron chi connectivity index (χ4n) is 2.56. The summed E-state index contributed by atoms with van der Waals surface area (Å²) in [5.74, 6) is -4.83. The van der Waals surface area contributed by atoms with E-state index in [-0.39, 0.29) is 19.3 Å². The van der Waals surface area contributed by atoms with Gasteiger partial charge in [-0.3, -0.25) is 0 Å². The molecule has 1 aliphatic rings. The van der Waals surface area contributed by atoms with Crippen molar-refractivity contribution >= 4 is 31.4 Å². The second-order valence-corrected chi connectivity index (χ2v) is 8.34. The predicted octanol–water partition coefficient (Wildman–Crippen LogP) is 2.94. The van der Waals surface area contributed by atoms with E-state index in [1.807, 2.05) is 0 Å². The molecule has 1 fully saturated rings. The Labute approximate surface area is 156 Å². The molecule has 2 rings (SSSR count). The van der Waals surface area contributed by atoms with Crippen molar-refractivity contribution in [3.63, 3.8) is 0 Å². The topological polar surface area (TPSA) is 52.6 Å². The van der Waals surface area contributed by atoms with Crippen LogP contribution in [0.2, 0.25) is 4.82 Å². The van der Waals surface area contributed by atoms with Crippen LogP contribution in [0.3, 0.4) is 0 Å². The van der Waals surface area contributed by atoms with Crippen LogP contribution in [0, 0.1) is 0 Å². The predicted molar refractivity (Wildman–Crippen MR) is 81.3 cm³/mol. The third kappa shape index (κ3) is 6.14. The SMILES string of the molecule is O=C(O[C@@H]1CCC[C@@H](OC(=O)C(F)(F)F)C1[Se]c1ccccc1)C(F)(F)F. The van der Waals surface area contributed by atoms with Gasteiger partial charge in [0.2, 0.25) is 0 Å². The third-order valence-electron chi connectivity index (χ3n) is 3.71. The first kappa shape index (κ1) is 21.6. The first-order valence-corrected chi connectivity index (χ1v) is 9.60. The molecular weight excluding hydrogens is 449 g/mol. The number of alkyl halides is 6. The first-order valence-electron chi connectivity index (χ1n) is 7.76. The Morgan fingerprint density at radius 1 is 0.852 bits per heavy atom. The molecule has 0 amide bonds. The van der Waals surface area contributed by atoms with Crippen molar-refractivity contribution < 1.29 is 45.4 Å². The van der Waals surface area contributed by atoms with Crippen LogP contribution in [0.4, 0.5) is 26.3 Å². The van der Waals surface area contributed by atoms with E-state index in [4.69, 9.17) is 0 Å². The number of hydrogen-bond donors (Lipinski definition) is 0. The van der Waals surface area contributed by atoms with E-state index in [1.165, 1.54) is 0 Å². The summed E-state index contributed by atoms with van der Waals surface area (Å²) in [6.45, 7) is 0. The van der Waals surface area contributed by atoms with Crippen molar-refractivity contribution in [2.24, 2.45) is 0 Å². The summed E-state index contributed by atoms with van der Waals surface area (Å²) in [6, 6.07) is 8.32. The van der Waals surface area contributed by atoms with E-state index in [0.717, 1.165) is 0 Å². The van der Waals surface area contributed by atoms with Crippen molar-refractivity contribution in [3.05, 3.63) is 30.3 Å². The standard InChI is InChI=1S/C16H14F6O4Se/c17-15(18,19)13(23)25-10-7-4-8-11(26-14(24)16(20,21)22)12(10)27-9-5-2-1-3-6-9/h1-3,5-6,10-12H,4,7-8H2/t10-,11-/m1/s1. The molecule has 0 radical (unpaired) electrons. The number of rotatable bonds is 4. The van der Waals surface area contributed by atoms with E-state index in [9.17, 15) is 35.9 Å². The van der Waals surface area contributed by atoms with Gasteiger partial charge in [0, 0.05) is 0 Å².